The number of hydrogen-bond acceptors (Lipinski definition) is 8. The molecule has 0 aromatic heterocycles. The van der Waals surface area contributed by atoms with E-state index in [4.69, 9.17) is 21.1 Å². The normalized spacial score (nSPS) is 13.1. The number of esters is 1. The fraction of sp³-hybridized carbons (Fsp3) is 0.0417. The highest BCUT2D eigenvalue weighted by Gasteiger charge is 2.40. The maximum Gasteiger partial charge on any atom is 0.343 e. The summed E-state index contributed by atoms with van der Waals surface area (Å²) in [5.41, 5.74) is 0.594. The number of methoxy groups -OCH3 is 1. The standard InChI is InChI=1S/C24H16ClN3O7/c1-34-19-5-3-2-4-18(19)27-22(29)20(25)21(23(27)30)26-15-8-6-14(7-9-15)24(31)35-17-12-10-16(11-13-17)28(32)33/h2-13,26H,1H3. The number of hydrogen-bond donors (Lipinski definition) is 1. The Morgan fingerprint density at radius 1 is 0.971 bits per heavy atom. The molecular weight excluding hydrogens is 478 g/mol. The van der Waals surface area contributed by atoms with Crippen LogP contribution in [0.1, 0.15) is 10.4 Å². The molecular formula is C24H16ClN3O7. The molecule has 0 unspecified atom stereocenters. The molecule has 1 aliphatic rings. The van der Waals surface area contributed by atoms with Crippen LogP contribution in [0, 0.1) is 10.1 Å². The fourth-order valence-electron chi connectivity index (χ4n) is 3.28. The summed E-state index contributed by atoms with van der Waals surface area (Å²) in [6.07, 6.45) is 0. The topological polar surface area (TPSA) is 128 Å². The summed E-state index contributed by atoms with van der Waals surface area (Å²) >= 11 is 6.16. The molecule has 3 aromatic carbocycles. The predicted molar refractivity (Wildman–Crippen MR) is 126 cm³/mol. The monoisotopic (exact) mass is 493 g/mol. The van der Waals surface area contributed by atoms with Crippen molar-refractivity contribution in [2.75, 3.05) is 17.3 Å². The molecule has 35 heavy (non-hydrogen) atoms. The van der Waals surface area contributed by atoms with E-state index in [2.05, 4.69) is 5.32 Å². The number of nitro benzene ring substituents is 1. The Labute approximate surface area is 203 Å². The number of anilines is 2. The molecule has 2 amide bonds. The number of nitrogens with zero attached hydrogens (tertiary/aromatic N) is 2. The second-order valence-corrected chi connectivity index (χ2v) is 7.53. The Kier molecular flexibility index (Phi) is 6.47. The van der Waals surface area contributed by atoms with Crippen molar-refractivity contribution in [2.45, 2.75) is 0 Å². The van der Waals surface area contributed by atoms with Crippen molar-refractivity contribution in [3.8, 4) is 11.5 Å². The number of rotatable bonds is 7. The minimum Gasteiger partial charge on any atom is -0.495 e. The van der Waals surface area contributed by atoms with Crippen molar-refractivity contribution in [1.82, 2.24) is 0 Å². The van der Waals surface area contributed by atoms with Crippen LogP contribution in [0.25, 0.3) is 0 Å². The summed E-state index contributed by atoms with van der Waals surface area (Å²) in [5, 5.41) is 13.3. The van der Waals surface area contributed by atoms with Crippen LogP contribution in [0.2, 0.25) is 0 Å². The summed E-state index contributed by atoms with van der Waals surface area (Å²) in [6.45, 7) is 0. The number of nitro groups is 1. The molecule has 0 aliphatic carbocycles. The number of para-hydroxylation sites is 2. The third-order valence-electron chi connectivity index (χ3n) is 5.00. The molecule has 10 nitrogen and oxygen atoms in total. The van der Waals surface area contributed by atoms with Gasteiger partial charge in [0.25, 0.3) is 17.5 Å². The van der Waals surface area contributed by atoms with Crippen LogP contribution in [-0.2, 0) is 9.59 Å². The number of non-ortho nitro benzene ring substituents is 1. The predicted octanol–water partition coefficient (Wildman–Crippen LogP) is 4.26. The van der Waals surface area contributed by atoms with E-state index in [1.165, 1.54) is 55.6 Å². The van der Waals surface area contributed by atoms with Gasteiger partial charge in [-0.05, 0) is 48.5 Å². The van der Waals surface area contributed by atoms with E-state index >= 15 is 0 Å². The minimum absolute atomic E-state index is 0.122. The van der Waals surface area contributed by atoms with Gasteiger partial charge in [-0.2, -0.15) is 0 Å². The molecule has 11 heteroatoms. The number of nitrogens with one attached hydrogen (secondary N) is 1. The maximum absolute atomic E-state index is 13.0. The number of ether oxygens (including phenoxy) is 2. The van der Waals surface area contributed by atoms with E-state index in [-0.39, 0.29) is 33.4 Å². The van der Waals surface area contributed by atoms with Gasteiger partial charge in [0, 0.05) is 17.8 Å². The van der Waals surface area contributed by atoms with Crippen LogP contribution in [0.4, 0.5) is 17.1 Å². The van der Waals surface area contributed by atoms with Crippen molar-refractivity contribution < 1.29 is 28.8 Å². The highest BCUT2D eigenvalue weighted by molar-refractivity contribution is 6.53. The number of amides is 2. The first-order valence-corrected chi connectivity index (χ1v) is 10.4. The number of carbonyl (C=O) groups excluding carboxylic acids is 3. The first-order chi connectivity index (χ1) is 16.8. The zero-order chi connectivity index (χ0) is 25.1. The average Bonchev–Trinajstić information content (AvgIpc) is 3.07. The molecule has 0 fully saturated rings. The highest BCUT2D eigenvalue weighted by atomic mass is 35.5. The number of carbonyl (C=O) groups is 3. The molecule has 0 saturated heterocycles. The number of halogens is 1. The lowest BCUT2D eigenvalue weighted by atomic mass is 10.2. The molecule has 3 aromatic rings. The molecule has 1 heterocycles. The lowest BCUT2D eigenvalue weighted by Crippen LogP contribution is -2.32. The third kappa shape index (κ3) is 4.68. The van der Waals surface area contributed by atoms with Crippen molar-refractivity contribution >= 4 is 46.4 Å². The summed E-state index contributed by atoms with van der Waals surface area (Å²) < 4.78 is 10.4. The van der Waals surface area contributed by atoms with Gasteiger partial charge < -0.3 is 14.8 Å². The molecule has 0 spiro atoms. The lowest BCUT2D eigenvalue weighted by molar-refractivity contribution is -0.384. The van der Waals surface area contributed by atoms with Crippen LogP contribution < -0.4 is 19.7 Å². The van der Waals surface area contributed by atoms with Gasteiger partial charge in [0.05, 0.1) is 23.3 Å². The fourth-order valence-corrected chi connectivity index (χ4v) is 3.49. The number of benzene rings is 3. The molecule has 1 N–H and O–H groups in total. The van der Waals surface area contributed by atoms with Gasteiger partial charge in [0.2, 0.25) is 0 Å². The van der Waals surface area contributed by atoms with Gasteiger partial charge in [-0.3, -0.25) is 19.7 Å². The quantitative estimate of drug-likeness (QED) is 0.170. The van der Waals surface area contributed by atoms with Gasteiger partial charge in [-0.1, -0.05) is 23.7 Å². The molecule has 0 atom stereocenters. The van der Waals surface area contributed by atoms with Gasteiger partial charge >= 0.3 is 5.97 Å². The first kappa shape index (κ1) is 23.5. The van der Waals surface area contributed by atoms with Crippen LogP contribution in [0.3, 0.4) is 0 Å². The largest absolute Gasteiger partial charge is 0.495 e. The second-order valence-electron chi connectivity index (χ2n) is 7.15. The number of imide groups is 1. The third-order valence-corrected chi connectivity index (χ3v) is 5.35. The first-order valence-electron chi connectivity index (χ1n) is 10.1. The van der Waals surface area contributed by atoms with Crippen LogP contribution in [0.15, 0.2) is 83.5 Å². The maximum atomic E-state index is 13.0. The van der Waals surface area contributed by atoms with Gasteiger partial charge in [0.1, 0.15) is 22.2 Å². The summed E-state index contributed by atoms with van der Waals surface area (Å²) in [5.74, 6) is -1.57. The van der Waals surface area contributed by atoms with E-state index in [1.807, 2.05) is 0 Å². The Morgan fingerprint density at radius 2 is 1.63 bits per heavy atom. The Balaban J connectivity index is 1.47. The molecule has 0 bridgehead atoms. The summed E-state index contributed by atoms with van der Waals surface area (Å²) in [6, 6.07) is 17.5. The zero-order valence-electron chi connectivity index (χ0n) is 18.1. The molecule has 1 aliphatic heterocycles. The lowest BCUT2D eigenvalue weighted by Gasteiger charge is -2.17. The SMILES string of the molecule is COc1ccccc1N1C(=O)C(Cl)=C(Nc2ccc(C(=O)Oc3ccc([N+](=O)[O-])cc3)cc2)C1=O. The summed E-state index contributed by atoms with van der Waals surface area (Å²) in [7, 11) is 1.42. The van der Waals surface area contributed by atoms with E-state index in [0.717, 1.165) is 4.90 Å². The van der Waals surface area contributed by atoms with E-state index < -0.39 is 22.7 Å². The van der Waals surface area contributed by atoms with E-state index in [9.17, 15) is 24.5 Å². The Hall–Kier alpha value is -4.70. The Bertz CT molecular complexity index is 1370. The van der Waals surface area contributed by atoms with Crippen molar-refractivity contribution in [3.05, 3.63) is 99.2 Å². The van der Waals surface area contributed by atoms with Crippen LogP contribution in [0.5, 0.6) is 11.5 Å². The van der Waals surface area contributed by atoms with E-state index in [0.29, 0.717) is 11.4 Å². The molecule has 0 saturated carbocycles. The molecule has 176 valence electrons. The van der Waals surface area contributed by atoms with Crippen molar-refractivity contribution in [1.29, 1.82) is 0 Å². The molecule has 4 rings (SSSR count). The van der Waals surface area contributed by atoms with Gasteiger partial charge in [0.15, 0.2) is 0 Å². The van der Waals surface area contributed by atoms with Crippen LogP contribution >= 0.6 is 11.6 Å². The average molecular weight is 494 g/mol. The van der Waals surface area contributed by atoms with E-state index in [1.54, 1.807) is 24.3 Å². The van der Waals surface area contributed by atoms with Crippen LogP contribution in [-0.4, -0.2) is 29.8 Å². The minimum atomic E-state index is -0.702. The van der Waals surface area contributed by atoms with Gasteiger partial charge in [-0.15, -0.1) is 0 Å². The van der Waals surface area contributed by atoms with Crippen molar-refractivity contribution in [3.63, 3.8) is 0 Å². The highest BCUT2D eigenvalue weighted by Crippen LogP contribution is 2.35. The Morgan fingerprint density at radius 3 is 2.26 bits per heavy atom. The molecule has 0 radical (unpaired) electrons. The zero-order valence-corrected chi connectivity index (χ0v) is 18.8. The summed E-state index contributed by atoms with van der Waals surface area (Å²) in [4.78, 5) is 49.1. The second kappa shape index (κ2) is 9.65. The smallest absolute Gasteiger partial charge is 0.343 e. The van der Waals surface area contributed by atoms with Crippen molar-refractivity contribution in [2.24, 2.45) is 0 Å². The van der Waals surface area contributed by atoms with Gasteiger partial charge in [-0.25, -0.2) is 9.69 Å².